The smallest absolute Gasteiger partial charge is 0.379 e. The number of hydrogen-bond donors (Lipinski definition) is 2. The van der Waals surface area contributed by atoms with Gasteiger partial charge in [0.2, 0.25) is 0 Å². The van der Waals surface area contributed by atoms with Gasteiger partial charge in [-0.1, -0.05) is 32.1 Å². The van der Waals surface area contributed by atoms with Gasteiger partial charge in [0.1, 0.15) is 0 Å². The first-order valence-corrected chi connectivity index (χ1v) is 12.6. The molecule has 0 amide bonds. The van der Waals surface area contributed by atoms with Gasteiger partial charge in [-0.25, -0.2) is 0 Å². The number of ether oxygens (including phenoxy) is 2. The number of nitrogens with one attached hydrogen (secondary N) is 2. The molecule has 0 spiro atoms. The fraction of sp³-hybridized carbons (Fsp3) is 0.667. The molecule has 5 nitrogen and oxygen atoms in total. The first-order valence-electron chi connectivity index (χ1n) is 12.6. The zero-order chi connectivity index (χ0) is 25.2. The zero-order valence-electron chi connectivity index (χ0n) is 20.8. The molecule has 2 fully saturated rings. The number of carbonyl (C=O) groups excluding carboxylic acids is 1. The Labute approximate surface area is 205 Å². The molecule has 0 aromatic heterocycles. The van der Waals surface area contributed by atoms with Crippen LogP contribution >= 0.6 is 0 Å². The zero-order valence-corrected chi connectivity index (χ0v) is 20.8. The van der Waals surface area contributed by atoms with Crippen LogP contribution in [0.5, 0.6) is 0 Å². The number of ketones is 1. The Morgan fingerprint density at radius 1 is 1.29 bits per heavy atom. The molecule has 194 valence electrons. The number of methoxy groups -OCH3 is 1. The van der Waals surface area contributed by atoms with Gasteiger partial charge >= 0.3 is 6.18 Å². The van der Waals surface area contributed by atoms with E-state index in [1.807, 2.05) is 6.08 Å². The minimum Gasteiger partial charge on any atom is -0.379 e. The minimum absolute atomic E-state index is 0.00803. The van der Waals surface area contributed by atoms with Crippen LogP contribution in [0.3, 0.4) is 0 Å². The summed E-state index contributed by atoms with van der Waals surface area (Å²) in [7, 11) is 1.70. The Kier molecular flexibility index (Phi) is 8.05. The maximum absolute atomic E-state index is 14.0. The molecule has 3 aliphatic rings. The highest BCUT2D eigenvalue weighted by Crippen LogP contribution is 2.47. The summed E-state index contributed by atoms with van der Waals surface area (Å²) in [4.78, 5) is 14.0. The van der Waals surface area contributed by atoms with Crippen molar-refractivity contribution in [2.45, 2.75) is 76.4 Å². The third-order valence-corrected chi connectivity index (χ3v) is 8.22. The molecule has 0 bridgehead atoms. The van der Waals surface area contributed by atoms with Gasteiger partial charge in [-0.2, -0.15) is 13.2 Å². The fourth-order valence-electron chi connectivity index (χ4n) is 6.05. The van der Waals surface area contributed by atoms with Crippen molar-refractivity contribution in [1.82, 2.24) is 10.6 Å². The number of alkyl halides is 3. The summed E-state index contributed by atoms with van der Waals surface area (Å²) >= 11 is 0. The molecule has 0 radical (unpaired) electrons. The van der Waals surface area contributed by atoms with Crippen LogP contribution < -0.4 is 10.6 Å². The summed E-state index contributed by atoms with van der Waals surface area (Å²) in [5, 5.41) is 7.07. The molecule has 1 aromatic rings. The van der Waals surface area contributed by atoms with E-state index >= 15 is 0 Å². The molecule has 3 unspecified atom stereocenters. The summed E-state index contributed by atoms with van der Waals surface area (Å²) in [5.74, 6) is 0.351. The first-order chi connectivity index (χ1) is 16.6. The van der Waals surface area contributed by atoms with E-state index < -0.39 is 23.2 Å². The second-order valence-electron chi connectivity index (χ2n) is 10.5. The SMILES string of the molecule is COC1COCC[C@H]1N[C@@H]1CCC(C(=O)C2CC(c3cccc(C(F)(F)F)c3)=CCN2)(C(C)C)C1. The van der Waals surface area contributed by atoms with Gasteiger partial charge in [0.25, 0.3) is 0 Å². The molecule has 1 aliphatic carbocycles. The monoisotopic (exact) mass is 494 g/mol. The summed E-state index contributed by atoms with van der Waals surface area (Å²) in [5.41, 5.74) is 0.209. The van der Waals surface area contributed by atoms with E-state index in [9.17, 15) is 18.0 Å². The third-order valence-electron chi connectivity index (χ3n) is 8.22. The molecule has 8 heteroatoms. The Morgan fingerprint density at radius 3 is 2.80 bits per heavy atom. The first kappa shape index (κ1) is 26.3. The van der Waals surface area contributed by atoms with Crippen molar-refractivity contribution in [2.24, 2.45) is 11.3 Å². The van der Waals surface area contributed by atoms with E-state index in [1.165, 1.54) is 12.1 Å². The normalized spacial score (nSPS) is 32.0. The summed E-state index contributed by atoms with van der Waals surface area (Å²) in [6.45, 7) is 5.97. The van der Waals surface area contributed by atoms with Gasteiger partial charge in [-0.05, 0) is 61.3 Å². The van der Waals surface area contributed by atoms with E-state index in [4.69, 9.17) is 9.47 Å². The van der Waals surface area contributed by atoms with Crippen molar-refractivity contribution in [3.05, 3.63) is 41.5 Å². The molecule has 2 N–H and O–H groups in total. The van der Waals surface area contributed by atoms with Crippen LogP contribution in [0.1, 0.15) is 57.1 Å². The Balaban J connectivity index is 1.47. The number of Topliss-reactive ketones (excluding diaryl/α,β-unsaturated/α-hetero) is 1. The summed E-state index contributed by atoms with van der Waals surface area (Å²) < 4.78 is 50.8. The number of benzene rings is 1. The van der Waals surface area contributed by atoms with Gasteiger partial charge in [-0.15, -0.1) is 0 Å². The van der Waals surface area contributed by atoms with Gasteiger partial charge in [-0.3, -0.25) is 4.79 Å². The quantitative estimate of drug-likeness (QED) is 0.580. The van der Waals surface area contributed by atoms with Crippen LogP contribution in [-0.4, -0.2) is 56.9 Å². The molecule has 5 atom stereocenters. The summed E-state index contributed by atoms with van der Waals surface area (Å²) in [6, 6.07) is 5.43. The molecular formula is C27H37F3N2O3. The molecule has 1 saturated heterocycles. The Hall–Kier alpha value is -1.74. The fourth-order valence-corrected chi connectivity index (χ4v) is 6.05. The van der Waals surface area contributed by atoms with Crippen LogP contribution in [-0.2, 0) is 20.4 Å². The standard InChI is InChI=1S/C27H37F3N2O3/c1-17(2)26(10-7-21(15-26)32-22-9-12-35-16-24(22)34-3)25(33)23-14-19(8-11-31-23)18-5-4-6-20(13-18)27(28,29)30/h4-6,8,13,17,21-24,31-32H,7,9-12,14-16H2,1-3H3/t21-,22-,23?,24?,26?/m1/s1. The topological polar surface area (TPSA) is 59.6 Å². The highest BCUT2D eigenvalue weighted by molar-refractivity contribution is 5.92. The van der Waals surface area contributed by atoms with Crippen LogP contribution in [0, 0.1) is 11.3 Å². The maximum atomic E-state index is 14.0. The molecule has 1 saturated carbocycles. The largest absolute Gasteiger partial charge is 0.416 e. The average Bonchev–Trinajstić information content (AvgIpc) is 3.29. The third kappa shape index (κ3) is 5.66. The number of hydrogen-bond acceptors (Lipinski definition) is 5. The van der Waals surface area contributed by atoms with E-state index in [1.54, 1.807) is 13.2 Å². The Bertz CT molecular complexity index is 932. The van der Waals surface area contributed by atoms with E-state index in [-0.39, 0.29) is 29.9 Å². The van der Waals surface area contributed by atoms with Crippen molar-refractivity contribution in [1.29, 1.82) is 0 Å². The second-order valence-corrected chi connectivity index (χ2v) is 10.5. The van der Waals surface area contributed by atoms with Crippen LogP contribution in [0.4, 0.5) is 13.2 Å². The van der Waals surface area contributed by atoms with Gasteiger partial charge in [0, 0.05) is 37.8 Å². The summed E-state index contributed by atoms with van der Waals surface area (Å²) in [6.07, 6.45) is 1.29. The van der Waals surface area contributed by atoms with E-state index in [0.29, 0.717) is 31.7 Å². The van der Waals surface area contributed by atoms with Gasteiger partial charge in [0.05, 0.1) is 24.3 Å². The van der Waals surface area contributed by atoms with Crippen molar-refractivity contribution in [2.75, 3.05) is 26.9 Å². The predicted octanol–water partition coefficient (Wildman–Crippen LogP) is 4.61. The molecule has 1 aromatic carbocycles. The highest BCUT2D eigenvalue weighted by Gasteiger charge is 2.50. The minimum atomic E-state index is -4.39. The van der Waals surface area contributed by atoms with Crippen LogP contribution in [0.2, 0.25) is 0 Å². The molecule has 2 aliphatic heterocycles. The van der Waals surface area contributed by atoms with Crippen molar-refractivity contribution >= 4 is 11.4 Å². The van der Waals surface area contributed by atoms with E-state index in [2.05, 4.69) is 24.5 Å². The molecule has 35 heavy (non-hydrogen) atoms. The van der Waals surface area contributed by atoms with Crippen LogP contribution in [0.25, 0.3) is 5.57 Å². The Morgan fingerprint density at radius 2 is 2.09 bits per heavy atom. The van der Waals surface area contributed by atoms with Crippen molar-refractivity contribution in [3.63, 3.8) is 0 Å². The maximum Gasteiger partial charge on any atom is 0.416 e. The van der Waals surface area contributed by atoms with Gasteiger partial charge < -0.3 is 20.1 Å². The lowest BCUT2D eigenvalue weighted by Gasteiger charge is -2.38. The highest BCUT2D eigenvalue weighted by atomic mass is 19.4. The van der Waals surface area contributed by atoms with Gasteiger partial charge in [0.15, 0.2) is 5.78 Å². The number of carbonyl (C=O) groups is 1. The second kappa shape index (κ2) is 10.7. The molecule has 4 rings (SSSR count). The molecular weight excluding hydrogens is 457 g/mol. The number of halogens is 3. The van der Waals surface area contributed by atoms with Crippen LogP contribution in [0.15, 0.2) is 30.3 Å². The van der Waals surface area contributed by atoms with Crippen molar-refractivity contribution < 1.29 is 27.4 Å². The predicted molar refractivity (Wildman–Crippen MR) is 129 cm³/mol. The lowest BCUT2D eigenvalue weighted by atomic mass is 9.69. The van der Waals surface area contributed by atoms with E-state index in [0.717, 1.165) is 37.3 Å². The molecule has 2 heterocycles. The average molecular weight is 495 g/mol. The van der Waals surface area contributed by atoms with Crippen molar-refractivity contribution in [3.8, 4) is 0 Å². The number of rotatable bonds is 7. The lowest BCUT2D eigenvalue weighted by molar-refractivity contribution is -0.137. The lowest BCUT2D eigenvalue weighted by Crippen LogP contribution is -2.52.